The Morgan fingerprint density at radius 3 is 2.57 bits per heavy atom. The van der Waals surface area contributed by atoms with E-state index in [1.54, 1.807) is 6.92 Å². The number of aliphatic hydroxyl groups excluding tert-OH is 1. The standard InChI is InChI=1S/C4H12N2O/c1-4(7)6-3-2-5/h4,6-7H,2-3,5H2,1H3. The molecule has 1 atom stereocenters. The molecule has 0 aliphatic carbocycles. The Hall–Kier alpha value is -0.120. The molecule has 0 heterocycles. The van der Waals surface area contributed by atoms with E-state index in [0.717, 1.165) is 0 Å². The monoisotopic (exact) mass is 104 g/mol. The molecule has 0 saturated heterocycles. The first-order valence-corrected chi connectivity index (χ1v) is 2.39. The highest BCUT2D eigenvalue weighted by atomic mass is 16.3. The first-order chi connectivity index (χ1) is 3.27. The van der Waals surface area contributed by atoms with E-state index in [1.165, 1.54) is 0 Å². The van der Waals surface area contributed by atoms with Crippen LogP contribution in [-0.4, -0.2) is 24.4 Å². The van der Waals surface area contributed by atoms with Crippen LogP contribution >= 0.6 is 0 Å². The highest BCUT2D eigenvalue weighted by molar-refractivity contribution is 4.44. The Kier molecular flexibility index (Phi) is 3.98. The van der Waals surface area contributed by atoms with Gasteiger partial charge in [-0.2, -0.15) is 0 Å². The third-order valence-electron chi connectivity index (χ3n) is 0.584. The summed E-state index contributed by atoms with van der Waals surface area (Å²) >= 11 is 0. The van der Waals surface area contributed by atoms with Gasteiger partial charge in [0.15, 0.2) is 0 Å². The Morgan fingerprint density at radius 1 is 1.86 bits per heavy atom. The lowest BCUT2D eigenvalue weighted by Gasteiger charge is -2.02. The van der Waals surface area contributed by atoms with Crippen molar-refractivity contribution in [2.24, 2.45) is 5.73 Å². The van der Waals surface area contributed by atoms with Crippen molar-refractivity contribution in [2.75, 3.05) is 13.1 Å². The minimum absolute atomic E-state index is 0.427. The van der Waals surface area contributed by atoms with E-state index < -0.39 is 6.23 Å². The molecule has 0 radical (unpaired) electrons. The quantitative estimate of drug-likeness (QED) is 0.397. The third kappa shape index (κ3) is 5.88. The molecule has 44 valence electrons. The largest absolute Gasteiger partial charge is 0.379 e. The first-order valence-electron chi connectivity index (χ1n) is 2.39. The van der Waals surface area contributed by atoms with Crippen LogP contribution in [-0.2, 0) is 0 Å². The summed E-state index contributed by atoms with van der Waals surface area (Å²) in [5, 5.41) is 11.2. The van der Waals surface area contributed by atoms with Crippen molar-refractivity contribution in [3.05, 3.63) is 0 Å². The summed E-state index contributed by atoms with van der Waals surface area (Å²) in [4.78, 5) is 0. The summed E-state index contributed by atoms with van der Waals surface area (Å²) in [6.45, 7) is 2.91. The third-order valence-corrected chi connectivity index (χ3v) is 0.584. The van der Waals surface area contributed by atoms with Crippen LogP contribution in [0.1, 0.15) is 6.92 Å². The molecule has 0 aliphatic heterocycles. The van der Waals surface area contributed by atoms with E-state index in [1.807, 2.05) is 0 Å². The van der Waals surface area contributed by atoms with Gasteiger partial charge in [-0.3, -0.25) is 5.32 Å². The van der Waals surface area contributed by atoms with Crippen molar-refractivity contribution in [1.82, 2.24) is 5.32 Å². The maximum absolute atomic E-state index is 8.52. The molecule has 7 heavy (non-hydrogen) atoms. The maximum Gasteiger partial charge on any atom is 0.102 e. The summed E-state index contributed by atoms with van der Waals surface area (Å²) < 4.78 is 0. The second-order valence-corrected chi connectivity index (χ2v) is 1.42. The summed E-state index contributed by atoms with van der Waals surface area (Å²) in [6, 6.07) is 0. The number of aliphatic hydroxyl groups is 1. The van der Waals surface area contributed by atoms with Gasteiger partial charge in [0, 0.05) is 13.1 Å². The second-order valence-electron chi connectivity index (χ2n) is 1.42. The number of rotatable bonds is 3. The van der Waals surface area contributed by atoms with Crippen molar-refractivity contribution in [3.63, 3.8) is 0 Å². The number of hydrogen-bond donors (Lipinski definition) is 3. The molecule has 0 spiro atoms. The van der Waals surface area contributed by atoms with Gasteiger partial charge in [0.2, 0.25) is 0 Å². The van der Waals surface area contributed by atoms with Crippen molar-refractivity contribution < 1.29 is 5.11 Å². The van der Waals surface area contributed by atoms with Crippen LogP contribution < -0.4 is 11.1 Å². The molecule has 0 fully saturated rings. The van der Waals surface area contributed by atoms with Crippen LogP contribution in [0.5, 0.6) is 0 Å². The smallest absolute Gasteiger partial charge is 0.102 e. The minimum atomic E-state index is -0.427. The Bertz CT molecular complexity index is 38.7. The van der Waals surface area contributed by atoms with Crippen LogP contribution in [0.2, 0.25) is 0 Å². The van der Waals surface area contributed by atoms with E-state index in [-0.39, 0.29) is 0 Å². The SMILES string of the molecule is CC(O)NCCN. The Balaban J connectivity index is 2.68. The van der Waals surface area contributed by atoms with Gasteiger partial charge in [0.25, 0.3) is 0 Å². The Morgan fingerprint density at radius 2 is 2.43 bits per heavy atom. The van der Waals surface area contributed by atoms with Crippen molar-refractivity contribution >= 4 is 0 Å². The maximum atomic E-state index is 8.52. The van der Waals surface area contributed by atoms with Crippen molar-refractivity contribution in [3.8, 4) is 0 Å². The van der Waals surface area contributed by atoms with E-state index in [4.69, 9.17) is 10.8 Å². The molecular weight excluding hydrogens is 92.1 g/mol. The van der Waals surface area contributed by atoms with Gasteiger partial charge in [-0.1, -0.05) is 0 Å². The van der Waals surface area contributed by atoms with Crippen LogP contribution in [0.25, 0.3) is 0 Å². The zero-order valence-corrected chi connectivity index (χ0v) is 4.52. The molecule has 0 aromatic carbocycles. The molecule has 0 aromatic rings. The molecule has 0 saturated carbocycles. The summed E-state index contributed by atoms with van der Waals surface area (Å²) in [5.41, 5.74) is 5.10. The highest BCUT2D eigenvalue weighted by Crippen LogP contribution is 1.65. The molecule has 4 N–H and O–H groups in total. The fourth-order valence-corrected chi connectivity index (χ4v) is 0.292. The molecule has 3 heteroatoms. The molecule has 0 aromatic heterocycles. The highest BCUT2D eigenvalue weighted by Gasteiger charge is 1.87. The normalized spacial score (nSPS) is 14.1. The zero-order chi connectivity index (χ0) is 5.70. The molecule has 0 aliphatic rings. The van der Waals surface area contributed by atoms with Crippen LogP contribution in [0.4, 0.5) is 0 Å². The molecule has 3 nitrogen and oxygen atoms in total. The van der Waals surface area contributed by atoms with Gasteiger partial charge in [0.1, 0.15) is 6.23 Å². The number of nitrogens with two attached hydrogens (primary N) is 1. The average Bonchev–Trinajstić information content (AvgIpc) is 1.61. The molecular formula is C4H12N2O. The number of nitrogens with one attached hydrogen (secondary N) is 1. The van der Waals surface area contributed by atoms with Crippen LogP contribution in [0.3, 0.4) is 0 Å². The van der Waals surface area contributed by atoms with Gasteiger partial charge in [-0.05, 0) is 6.92 Å². The lowest BCUT2D eigenvalue weighted by Crippen LogP contribution is -2.30. The fourth-order valence-electron chi connectivity index (χ4n) is 0.292. The molecule has 0 rings (SSSR count). The van der Waals surface area contributed by atoms with Gasteiger partial charge in [-0.25, -0.2) is 0 Å². The van der Waals surface area contributed by atoms with E-state index in [0.29, 0.717) is 13.1 Å². The lowest BCUT2D eigenvalue weighted by molar-refractivity contribution is 0.158. The van der Waals surface area contributed by atoms with Gasteiger partial charge in [0.05, 0.1) is 0 Å². The number of hydrogen-bond acceptors (Lipinski definition) is 3. The summed E-state index contributed by atoms with van der Waals surface area (Å²) in [7, 11) is 0. The topological polar surface area (TPSA) is 58.3 Å². The van der Waals surface area contributed by atoms with Gasteiger partial charge < -0.3 is 10.8 Å². The minimum Gasteiger partial charge on any atom is -0.379 e. The van der Waals surface area contributed by atoms with E-state index in [2.05, 4.69) is 5.32 Å². The zero-order valence-electron chi connectivity index (χ0n) is 4.52. The fraction of sp³-hybridized carbons (Fsp3) is 1.00. The lowest BCUT2D eigenvalue weighted by atomic mass is 10.6. The predicted octanol–water partition coefficient (Wildman–Crippen LogP) is -1.13. The van der Waals surface area contributed by atoms with Gasteiger partial charge in [-0.15, -0.1) is 0 Å². The molecule has 0 amide bonds. The van der Waals surface area contributed by atoms with E-state index in [9.17, 15) is 0 Å². The second kappa shape index (κ2) is 4.05. The van der Waals surface area contributed by atoms with Crippen molar-refractivity contribution in [2.45, 2.75) is 13.2 Å². The van der Waals surface area contributed by atoms with Crippen molar-refractivity contribution in [1.29, 1.82) is 0 Å². The van der Waals surface area contributed by atoms with Gasteiger partial charge >= 0.3 is 0 Å². The Labute approximate surface area is 43.5 Å². The molecule has 1 unspecified atom stereocenters. The summed E-state index contributed by atoms with van der Waals surface area (Å²) in [6.07, 6.45) is -0.427. The van der Waals surface area contributed by atoms with Crippen LogP contribution in [0, 0.1) is 0 Å². The summed E-state index contributed by atoms with van der Waals surface area (Å²) in [5.74, 6) is 0. The van der Waals surface area contributed by atoms with Crippen LogP contribution in [0.15, 0.2) is 0 Å². The first kappa shape index (κ1) is 6.88. The van der Waals surface area contributed by atoms with E-state index >= 15 is 0 Å². The average molecular weight is 104 g/mol. The molecule has 0 bridgehead atoms. The predicted molar refractivity (Wildman–Crippen MR) is 28.7 cm³/mol.